The molecule has 1 aromatic heterocycles. The third kappa shape index (κ3) is 4.02. The quantitative estimate of drug-likeness (QED) is 0.666. The number of nitrogens with one attached hydrogen (secondary N) is 1. The largest absolute Gasteiger partial charge is 0.480 e. The number of aliphatic hydroxyl groups excluding tert-OH is 1. The van der Waals surface area contributed by atoms with Crippen molar-refractivity contribution in [3.05, 3.63) is 30.1 Å². The molecule has 0 saturated carbocycles. The van der Waals surface area contributed by atoms with Crippen molar-refractivity contribution < 1.29 is 19.8 Å². The summed E-state index contributed by atoms with van der Waals surface area (Å²) in [5, 5.41) is 19.7. The molecule has 1 heterocycles. The van der Waals surface area contributed by atoms with E-state index in [0.717, 1.165) is 0 Å². The first-order chi connectivity index (χ1) is 8.54. The fourth-order valence-corrected chi connectivity index (χ4v) is 1.25. The van der Waals surface area contributed by atoms with Crippen molar-refractivity contribution in [3.63, 3.8) is 0 Å². The van der Waals surface area contributed by atoms with Gasteiger partial charge in [-0.05, 0) is 12.1 Å². The van der Waals surface area contributed by atoms with Crippen LogP contribution in [0.25, 0.3) is 0 Å². The molecule has 98 valence electrons. The summed E-state index contributed by atoms with van der Waals surface area (Å²) in [5.41, 5.74) is 0.686. The molecular formula is C11H15N3O4. The Kier molecular flexibility index (Phi) is 5.06. The number of rotatable bonds is 5. The van der Waals surface area contributed by atoms with E-state index in [0.29, 0.717) is 5.69 Å². The second-order valence-electron chi connectivity index (χ2n) is 3.70. The topological polar surface area (TPSA) is 103 Å². The standard InChI is InChI=1S/C11H15N3O4/c1-14(6-8-4-2-3-5-12-8)11(18)13-9(7-15)10(16)17/h2-5,9,15H,6-7H2,1H3,(H,13,18)(H,16,17). The number of carboxylic acids is 1. The van der Waals surface area contributed by atoms with E-state index in [1.807, 2.05) is 0 Å². The second-order valence-corrected chi connectivity index (χ2v) is 3.70. The van der Waals surface area contributed by atoms with E-state index >= 15 is 0 Å². The van der Waals surface area contributed by atoms with Crippen LogP contribution in [-0.2, 0) is 11.3 Å². The number of nitrogens with zero attached hydrogens (tertiary/aromatic N) is 2. The number of aromatic nitrogens is 1. The molecule has 7 heteroatoms. The molecule has 0 bridgehead atoms. The first-order valence-electron chi connectivity index (χ1n) is 5.29. The number of amides is 2. The Hall–Kier alpha value is -2.15. The van der Waals surface area contributed by atoms with E-state index in [-0.39, 0.29) is 6.54 Å². The average Bonchev–Trinajstić information content (AvgIpc) is 2.36. The first-order valence-corrected chi connectivity index (χ1v) is 5.29. The molecule has 1 unspecified atom stereocenters. The molecule has 0 aliphatic rings. The Bertz CT molecular complexity index is 410. The predicted octanol–water partition coefficient (Wildman–Crippen LogP) is -0.332. The highest BCUT2D eigenvalue weighted by atomic mass is 16.4. The Morgan fingerprint density at radius 3 is 2.72 bits per heavy atom. The second kappa shape index (κ2) is 6.55. The minimum absolute atomic E-state index is 0.254. The van der Waals surface area contributed by atoms with Gasteiger partial charge in [0.1, 0.15) is 0 Å². The highest BCUT2D eigenvalue weighted by Gasteiger charge is 2.20. The molecule has 0 aliphatic heterocycles. The molecule has 1 rings (SSSR count). The van der Waals surface area contributed by atoms with Gasteiger partial charge in [0.15, 0.2) is 6.04 Å². The summed E-state index contributed by atoms with van der Waals surface area (Å²) in [6.07, 6.45) is 1.61. The molecule has 1 atom stereocenters. The van der Waals surface area contributed by atoms with Gasteiger partial charge < -0.3 is 20.4 Å². The smallest absolute Gasteiger partial charge is 0.328 e. The lowest BCUT2D eigenvalue weighted by atomic mass is 10.3. The summed E-state index contributed by atoms with van der Waals surface area (Å²) >= 11 is 0. The highest BCUT2D eigenvalue weighted by molar-refractivity contribution is 5.82. The molecule has 0 spiro atoms. The van der Waals surface area contributed by atoms with Crippen molar-refractivity contribution in [3.8, 4) is 0 Å². The zero-order valence-electron chi connectivity index (χ0n) is 9.91. The maximum atomic E-state index is 11.6. The van der Waals surface area contributed by atoms with Gasteiger partial charge in [0.05, 0.1) is 18.8 Å². The van der Waals surface area contributed by atoms with Gasteiger partial charge in [-0.2, -0.15) is 0 Å². The molecular weight excluding hydrogens is 238 g/mol. The van der Waals surface area contributed by atoms with Gasteiger partial charge in [0.2, 0.25) is 0 Å². The molecule has 0 fully saturated rings. The molecule has 18 heavy (non-hydrogen) atoms. The zero-order chi connectivity index (χ0) is 13.5. The van der Waals surface area contributed by atoms with Crippen LogP contribution in [0.5, 0.6) is 0 Å². The van der Waals surface area contributed by atoms with Gasteiger partial charge in [0, 0.05) is 13.2 Å². The third-order valence-corrected chi connectivity index (χ3v) is 2.25. The number of aliphatic carboxylic acids is 1. The van der Waals surface area contributed by atoms with Crippen LogP contribution in [-0.4, -0.2) is 51.8 Å². The van der Waals surface area contributed by atoms with Gasteiger partial charge in [-0.15, -0.1) is 0 Å². The number of carbonyl (C=O) groups excluding carboxylic acids is 1. The van der Waals surface area contributed by atoms with Crippen molar-refractivity contribution in [1.29, 1.82) is 0 Å². The first kappa shape index (κ1) is 13.9. The highest BCUT2D eigenvalue weighted by Crippen LogP contribution is 1.99. The molecule has 0 aliphatic carbocycles. The van der Waals surface area contributed by atoms with E-state index in [1.54, 1.807) is 24.4 Å². The molecule has 1 aromatic rings. The summed E-state index contributed by atoms with van der Waals surface area (Å²) in [6.45, 7) is -0.400. The Labute approximate surface area is 104 Å². The van der Waals surface area contributed by atoms with E-state index in [1.165, 1.54) is 11.9 Å². The maximum absolute atomic E-state index is 11.6. The van der Waals surface area contributed by atoms with Crippen molar-refractivity contribution in [1.82, 2.24) is 15.2 Å². The van der Waals surface area contributed by atoms with Gasteiger partial charge in [-0.3, -0.25) is 4.98 Å². The zero-order valence-corrected chi connectivity index (χ0v) is 9.91. The van der Waals surface area contributed by atoms with Crippen LogP contribution < -0.4 is 5.32 Å². The van der Waals surface area contributed by atoms with Crippen LogP contribution in [0.1, 0.15) is 5.69 Å². The number of carboxylic acid groups (broad SMARTS) is 1. The number of hydrogen-bond acceptors (Lipinski definition) is 4. The summed E-state index contributed by atoms with van der Waals surface area (Å²) in [6, 6.07) is 3.42. The van der Waals surface area contributed by atoms with Crippen LogP contribution in [0.15, 0.2) is 24.4 Å². The van der Waals surface area contributed by atoms with Crippen molar-refractivity contribution in [2.45, 2.75) is 12.6 Å². The van der Waals surface area contributed by atoms with Crippen molar-refractivity contribution >= 4 is 12.0 Å². The summed E-state index contributed by atoms with van der Waals surface area (Å²) in [5.74, 6) is -1.28. The molecule has 0 saturated heterocycles. The summed E-state index contributed by atoms with van der Waals surface area (Å²) in [4.78, 5) is 27.6. The normalized spacial score (nSPS) is 11.7. The number of urea groups is 1. The van der Waals surface area contributed by atoms with Crippen LogP contribution in [0.3, 0.4) is 0 Å². The van der Waals surface area contributed by atoms with E-state index in [2.05, 4.69) is 10.3 Å². The van der Waals surface area contributed by atoms with Gasteiger partial charge in [0.25, 0.3) is 0 Å². The van der Waals surface area contributed by atoms with Gasteiger partial charge >= 0.3 is 12.0 Å². The fourth-order valence-electron chi connectivity index (χ4n) is 1.25. The lowest BCUT2D eigenvalue weighted by molar-refractivity contribution is -0.140. The number of pyridine rings is 1. The molecule has 3 N–H and O–H groups in total. The van der Waals surface area contributed by atoms with Crippen molar-refractivity contribution in [2.24, 2.45) is 0 Å². The minimum Gasteiger partial charge on any atom is -0.480 e. The summed E-state index contributed by atoms with van der Waals surface area (Å²) < 4.78 is 0. The van der Waals surface area contributed by atoms with Crippen LogP contribution >= 0.6 is 0 Å². The predicted molar refractivity (Wildman–Crippen MR) is 62.7 cm³/mol. The fraction of sp³-hybridized carbons (Fsp3) is 0.364. The average molecular weight is 253 g/mol. The van der Waals surface area contributed by atoms with Gasteiger partial charge in [-0.1, -0.05) is 6.07 Å². The molecule has 0 radical (unpaired) electrons. The van der Waals surface area contributed by atoms with Crippen LogP contribution in [0.4, 0.5) is 4.79 Å². The molecule has 7 nitrogen and oxygen atoms in total. The molecule has 2 amide bonds. The van der Waals surface area contributed by atoms with E-state index in [4.69, 9.17) is 10.2 Å². The van der Waals surface area contributed by atoms with Crippen LogP contribution in [0.2, 0.25) is 0 Å². The third-order valence-electron chi connectivity index (χ3n) is 2.25. The summed E-state index contributed by atoms with van der Waals surface area (Å²) in [7, 11) is 1.51. The van der Waals surface area contributed by atoms with E-state index < -0.39 is 24.6 Å². The van der Waals surface area contributed by atoms with Crippen LogP contribution in [0, 0.1) is 0 Å². The Morgan fingerprint density at radius 1 is 1.50 bits per heavy atom. The number of carbonyl (C=O) groups is 2. The lowest BCUT2D eigenvalue weighted by Gasteiger charge is -2.20. The molecule has 0 aromatic carbocycles. The number of aliphatic hydroxyl groups is 1. The van der Waals surface area contributed by atoms with Crippen molar-refractivity contribution in [2.75, 3.05) is 13.7 Å². The van der Waals surface area contributed by atoms with Gasteiger partial charge in [-0.25, -0.2) is 9.59 Å². The SMILES string of the molecule is CN(Cc1ccccn1)C(=O)NC(CO)C(=O)O. The lowest BCUT2D eigenvalue weighted by Crippen LogP contribution is -2.48. The number of hydrogen-bond donors (Lipinski definition) is 3. The maximum Gasteiger partial charge on any atom is 0.328 e. The van der Waals surface area contributed by atoms with E-state index in [9.17, 15) is 9.59 Å². The minimum atomic E-state index is -1.30. The monoisotopic (exact) mass is 253 g/mol. The Balaban J connectivity index is 2.54. The Morgan fingerprint density at radius 2 is 2.22 bits per heavy atom.